The third-order valence-corrected chi connectivity index (χ3v) is 10.5. The Morgan fingerprint density at radius 3 is 1.43 bits per heavy atom. The molecular formula is C34H26F2N6O2S2. The fourth-order valence-electron chi connectivity index (χ4n) is 6.02. The predicted octanol–water partition coefficient (Wildman–Crippen LogP) is 7.28. The molecule has 0 bridgehead atoms. The van der Waals surface area contributed by atoms with Gasteiger partial charge in [0.2, 0.25) is 0 Å². The number of hydrogen-bond acceptors (Lipinski definition) is 8. The summed E-state index contributed by atoms with van der Waals surface area (Å²) in [4.78, 5) is 9.01. The fourth-order valence-corrected chi connectivity index (χ4v) is 7.97. The monoisotopic (exact) mass is 652 g/mol. The van der Waals surface area contributed by atoms with Gasteiger partial charge in [0.25, 0.3) is 0 Å². The molecular weight excluding hydrogens is 627 g/mol. The van der Waals surface area contributed by atoms with Crippen molar-refractivity contribution in [2.75, 3.05) is 0 Å². The third-order valence-electron chi connectivity index (χ3n) is 8.34. The lowest BCUT2D eigenvalue weighted by atomic mass is 9.91. The van der Waals surface area contributed by atoms with E-state index in [0.29, 0.717) is 23.4 Å². The first-order valence-corrected chi connectivity index (χ1v) is 16.8. The molecule has 2 fully saturated rings. The smallest absolute Gasteiger partial charge is 0.197 e. The highest BCUT2D eigenvalue weighted by Gasteiger charge is 2.60. The zero-order chi connectivity index (χ0) is 31.1. The molecule has 4 atom stereocenters. The molecule has 230 valence electrons. The van der Waals surface area contributed by atoms with Gasteiger partial charge in [0, 0.05) is 0 Å². The average Bonchev–Trinajstić information content (AvgIpc) is 3.87. The average molecular weight is 653 g/mol. The Labute approximate surface area is 271 Å². The van der Waals surface area contributed by atoms with Gasteiger partial charge in [0.1, 0.15) is 47.7 Å². The minimum Gasteiger partial charge on any atom is -0.354 e. The number of halogens is 2. The molecule has 0 amide bonds. The fraction of sp³-hybridized carbons (Fsp3) is 0.176. The van der Waals surface area contributed by atoms with E-state index in [1.165, 1.54) is 58.5 Å². The lowest BCUT2D eigenvalue weighted by Crippen LogP contribution is -2.21. The molecule has 0 radical (unpaired) electrons. The summed E-state index contributed by atoms with van der Waals surface area (Å²) < 4.78 is 45.0. The van der Waals surface area contributed by atoms with Crippen molar-refractivity contribution in [2.24, 2.45) is 0 Å². The predicted molar refractivity (Wildman–Crippen MR) is 168 cm³/mol. The van der Waals surface area contributed by atoms with Crippen molar-refractivity contribution in [1.29, 1.82) is 0 Å². The van der Waals surface area contributed by atoms with Crippen LogP contribution >= 0.6 is 21.6 Å². The Kier molecular flexibility index (Phi) is 7.44. The Bertz CT molecular complexity index is 1850. The zero-order valence-corrected chi connectivity index (χ0v) is 25.8. The van der Waals surface area contributed by atoms with Crippen LogP contribution in [0.2, 0.25) is 0 Å². The van der Waals surface area contributed by atoms with Crippen LogP contribution in [0.5, 0.6) is 0 Å². The molecule has 2 aliphatic rings. The maximum absolute atomic E-state index is 14.4. The van der Waals surface area contributed by atoms with Crippen LogP contribution in [0.3, 0.4) is 0 Å². The normalized spacial score (nSPS) is 23.3. The van der Waals surface area contributed by atoms with Crippen molar-refractivity contribution >= 4 is 21.6 Å². The molecule has 2 aromatic heterocycles. The molecule has 0 saturated carbocycles. The van der Waals surface area contributed by atoms with Gasteiger partial charge in [0.15, 0.2) is 10.3 Å². The summed E-state index contributed by atoms with van der Waals surface area (Å²) in [7, 11) is 2.77. The number of epoxide rings is 2. The molecule has 6 aromatic rings. The van der Waals surface area contributed by atoms with E-state index in [0.717, 1.165) is 22.3 Å². The second kappa shape index (κ2) is 11.8. The Morgan fingerprint density at radius 2 is 1.02 bits per heavy atom. The lowest BCUT2D eigenvalue weighted by Gasteiger charge is -2.16. The van der Waals surface area contributed by atoms with Gasteiger partial charge in [0.05, 0.1) is 13.1 Å². The minimum atomic E-state index is -0.801. The van der Waals surface area contributed by atoms with Crippen molar-refractivity contribution in [2.45, 2.75) is 46.8 Å². The molecule has 12 heteroatoms. The van der Waals surface area contributed by atoms with Gasteiger partial charge in [-0.2, -0.15) is 10.2 Å². The van der Waals surface area contributed by atoms with E-state index < -0.39 is 11.2 Å². The molecule has 2 aliphatic heterocycles. The lowest BCUT2D eigenvalue weighted by molar-refractivity contribution is 0.255. The van der Waals surface area contributed by atoms with E-state index in [-0.39, 0.29) is 23.8 Å². The summed E-state index contributed by atoms with van der Waals surface area (Å²) >= 11 is 0. The summed E-state index contributed by atoms with van der Waals surface area (Å²) in [6, 6.07) is 32.8. The number of benzene rings is 4. The van der Waals surface area contributed by atoms with Crippen molar-refractivity contribution in [3.05, 3.63) is 156 Å². The van der Waals surface area contributed by atoms with Gasteiger partial charge < -0.3 is 9.47 Å². The highest BCUT2D eigenvalue weighted by molar-refractivity contribution is 8.76. The third kappa shape index (κ3) is 5.41. The van der Waals surface area contributed by atoms with Crippen LogP contribution in [0.4, 0.5) is 8.78 Å². The molecule has 8 rings (SSSR count). The highest BCUT2D eigenvalue weighted by atomic mass is 33.1. The van der Waals surface area contributed by atoms with Crippen LogP contribution in [0.25, 0.3) is 0 Å². The Hall–Kier alpha value is -4.36. The van der Waals surface area contributed by atoms with Gasteiger partial charge in [-0.3, -0.25) is 0 Å². The van der Waals surface area contributed by atoms with Gasteiger partial charge >= 0.3 is 0 Å². The summed E-state index contributed by atoms with van der Waals surface area (Å²) in [5, 5.41) is 10.3. The number of hydrogen-bond donors (Lipinski definition) is 0. The van der Waals surface area contributed by atoms with E-state index in [1.807, 2.05) is 72.8 Å². The number of rotatable bonds is 11. The molecule has 4 unspecified atom stereocenters. The van der Waals surface area contributed by atoms with Gasteiger partial charge in [-0.05, 0) is 68.1 Å². The second-order valence-electron chi connectivity index (χ2n) is 11.2. The van der Waals surface area contributed by atoms with Crippen LogP contribution in [-0.4, -0.2) is 29.5 Å². The minimum absolute atomic E-state index is 0.261. The van der Waals surface area contributed by atoms with Crippen molar-refractivity contribution in [3.63, 3.8) is 0 Å². The van der Waals surface area contributed by atoms with E-state index in [1.54, 1.807) is 21.5 Å². The summed E-state index contributed by atoms with van der Waals surface area (Å²) in [5.41, 5.74) is 1.88. The molecule has 8 nitrogen and oxygen atoms in total. The first-order valence-electron chi connectivity index (χ1n) is 14.6. The SMILES string of the molecule is Fc1cccc(C2(Cn3ncnc3SSc3ncnn3CC3(c4cccc(F)c4)OC3c3ccccc3)OC2c2ccccc2)c1. The molecule has 0 aliphatic carbocycles. The zero-order valence-electron chi connectivity index (χ0n) is 24.2. The second-order valence-corrected chi connectivity index (χ2v) is 13.2. The van der Waals surface area contributed by atoms with E-state index in [9.17, 15) is 8.78 Å². The van der Waals surface area contributed by atoms with Crippen LogP contribution in [0, 0.1) is 11.6 Å². The summed E-state index contributed by atoms with van der Waals surface area (Å²) in [5.74, 6) is -0.653. The molecule has 4 aromatic carbocycles. The highest BCUT2D eigenvalue weighted by Crippen LogP contribution is 2.59. The molecule has 46 heavy (non-hydrogen) atoms. The number of nitrogens with zero attached hydrogens (tertiary/aromatic N) is 6. The Balaban J connectivity index is 1.03. The van der Waals surface area contributed by atoms with E-state index in [2.05, 4.69) is 20.2 Å². The molecule has 4 heterocycles. The molecule has 2 saturated heterocycles. The first kappa shape index (κ1) is 29.1. The Morgan fingerprint density at radius 1 is 0.587 bits per heavy atom. The quantitative estimate of drug-likeness (QED) is 0.107. The number of ether oxygens (including phenoxy) is 2. The van der Waals surface area contributed by atoms with Crippen LogP contribution in [0.15, 0.2) is 132 Å². The summed E-state index contributed by atoms with van der Waals surface area (Å²) in [6.45, 7) is 0.668. The largest absolute Gasteiger partial charge is 0.354 e. The molecule has 0 spiro atoms. The van der Waals surface area contributed by atoms with Crippen molar-refractivity contribution in [1.82, 2.24) is 29.5 Å². The van der Waals surface area contributed by atoms with Gasteiger partial charge in [-0.25, -0.2) is 28.1 Å². The van der Waals surface area contributed by atoms with Crippen LogP contribution < -0.4 is 0 Å². The topological polar surface area (TPSA) is 86.5 Å². The van der Waals surface area contributed by atoms with Crippen LogP contribution in [-0.2, 0) is 33.8 Å². The maximum Gasteiger partial charge on any atom is 0.197 e. The van der Waals surface area contributed by atoms with Crippen molar-refractivity contribution in [3.8, 4) is 0 Å². The van der Waals surface area contributed by atoms with Crippen LogP contribution in [0.1, 0.15) is 34.5 Å². The summed E-state index contributed by atoms with van der Waals surface area (Å²) in [6.07, 6.45) is 2.47. The van der Waals surface area contributed by atoms with Gasteiger partial charge in [-0.15, -0.1) is 0 Å². The van der Waals surface area contributed by atoms with E-state index in [4.69, 9.17) is 9.47 Å². The van der Waals surface area contributed by atoms with Crippen molar-refractivity contribution < 1.29 is 18.3 Å². The molecule has 0 N–H and O–H groups in total. The maximum atomic E-state index is 14.4. The van der Waals surface area contributed by atoms with E-state index >= 15 is 0 Å². The van der Waals surface area contributed by atoms with Gasteiger partial charge in [-0.1, -0.05) is 84.9 Å². The number of aromatic nitrogens is 6. The first-order chi connectivity index (χ1) is 22.5. The standard InChI is InChI=1S/C34H26F2N6O2S2/c35-27-15-7-13-25(17-27)33(29(43-33)23-9-3-1-4-10-23)19-41-31(37-21-39-41)45-46-32-38-22-40-42(32)20-34(26-14-8-16-28(36)18-26)30(44-34)24-11-5-2-6-12-24/h1-18,21-22,29-30H,19-20H2.